The highest BCUT2D eigenvalue weighted by Gasteiger charge is 2.44. The molecule has 0 aliphatic carbocycles. The van der Waals surface area contributed by atoms with Gasteiger partial charge in [-0.3, -0.25) is 4.90 Å². The van der Waals surface area contributed by atoms with E-state index in [1.807, 2.05) is 6.92 Å². The molecule has 0 aromatic carbocycles. The van der Waals surface area contributed by atoms with Gasteiger partial charge in [0.05, 0.1) is 6.61 Å². The summed E-state index contributed by atoms with van der Waals surface area (Å²) < 4.78 is 9.38. The SMILES string of the molecule is CCC[C@H](C(=O)OCC)N1C(=O)OC(=O)[C@@H]1C. The van der Waals surface area contributed by atoms with Crippen LogP contribution in [0.3, 0.4) is 0 Å². The summed E-state index contributed by atoms with van der Waals surface area (Å²) in [4.78, 5) is 35.6. The minimum atomic E-state index is -0.769. The molecule has 6 nitrogen and oxygen atoms in total. The van der Waals surface area contributed by atoms with Crippen molar-refractivity contribution in [2.45, 2.75) is 45.7 Å². The van der Waals surface area contributed by atoms with Gasteiger partial charge >= 0.3 is 18.0 Å². The highest BCUT2D eigenvalue weighted by molar-refractivity contribution is 5.97. The number of amides is 1. The Bertz CT molecular complexity index is 328. The van der Waals surface area contributed by atoms with Crippen molar-refractivity contribution in [2.75, 3.05) is 6.61 Å². The number of carbonyl (C=O) groups is 3. The molecule has 1 aliphatic heterocycles. The lowest BCUT2D eigenvalue weighted by Gasteiger charge is -2.25. The average molecular weight is 243 g/mol. The molecule has 0 bridgehead atoms. The number of esters is 2. The number of rotatable bonds is 5. The molecule has 17 heavy (non-hydrogen) atoms. The Morgan fingerprint density at radius 1 is 1.47 bits per heavy atom. The molecule has 1 fully saturated rings. The van der Waals surface area contributed by atoms with Crippen molar-refractivity contribution in [3.8, 4) is 0 Å². The normalized spacial score (nSPS) is 21.4. The lowest BCUT2D eigenvalue weighted by atomic mass is 10.1. The van der Waals surface area contributed by atoms with Gasteiger partial charge in [-0.25, -0.2) is 14.4 Å². The van der Waals surface area contributed by atoms with Crippen LogP contribution in [0.5, 0.6) is 0 Å². The van der Waals surface area contributed by atoms with E-state index >= 15 is 0 Å². The maximum absolute atomic E-state index is 11.7. The molecule has 1 amide bonds. The van der Waals surface area contributed by atoms with Gasteiger partial charge in [-0.2, -0.15) is 0 Å². The molecule has 0 unspecified atom stereocenters. The Balaban J connectivity index is 2.86. The summed E-state index contributed by atoms with van der Waals surface area (Å²) in [6.45, 7) is 5.36. The predicted molar refractivity (Wildman–Crippen MR) is 58.1 cm³/mol. The van der Waals surface area contributed by atoms with Crippen LogP contribution in [0.1, 0.15) is 33.6 Å². The van der Waals surface area contributed by atoms with Gasteiger partial charge in [-0.15, -0.1) is 0 Å². The van der Waals surface area contributed by atoms with Crippen LogP contribution in [-0.4, -0.2) is 41.6 Å². The molecule has 0 saturated carbocycles. The Kier molecular flexibility index (Phi) is 4.48. The predicted octanol–water partition coefficient (Wildman–Crippen LogP) is 1.09. The molecule has 1 aliphatic rings. The van der Waals surface area contributed by atoms with Gasteiger partial charge in [-0.1, -0.05) is 13.3 Å². The molecule has 96 valence electrons. The maximum Gasteiger partial charge on any atom is 0.419 e. The van der Waals surface area contributed by atoms with Gasteiger partial charge in [0.25, 0.3) is 0 Å². The van der Waals surface area contributed by atoms with Crippen LogP contribution in [-0.2, 0) is 19.1 Å². The Labute approximate surface area is 99.9 Å². The molecule has 0 radical (unpaired) electrons. The number of ether oxygens (including phenoxy) is 2. The largest absolute Gasteiger partial charge is 0.464 e. The molecule has 0 aromatic rings. The average Bonchev–Trinajstić information content (AvgIpc) is 2.51. The van der Waals surface area contributed by atoms with Crippen molar-refractivity contribution < 1.29 is 23.9 Å². The van der Waals surface area contributed by atoms with E-state index in [0.717, 1.165) is 4.90 Å². The zero-order valence-electron chi connectivity index (χ0n) is 10.3. The smallest absolute Gasteiger partial charge is 0.419 e. The van der Waals surface area contributed by atoms with Crippen LogP contribution in [0.25, 0.3) is 0 Å². The van der Waals surface area contributed by atoms with Crippen LogP contribution in [0.4, 0.5) is 4.79 Å². The second kappa shape index (κ2) is 5.65. The minimum absolute atomic E-state index is 0.240. The third-order valence-electron chi connectivity index (χ3n) is 2.61. The summed E-state index contributed by atoms with van der Waals surface area (Å²) in [6.07, 6.45) is 0.383. The molecule has 2 atom stereocenters. The first-order chi connectivity index (χ1) is 8.02. The number of hydrogen-bond donors (Lipinski definition) is 0. The van der Waals surface area contributed by atoms with E-state index in [-0.39, 0.29) is 6.61 Å². The molecule has 1 heterocycles. The minimum Gasteiger partial charge on any atom is -0.464 e. The Morgan fingerprint density at radius 2 is 2.12 bits per heavy atom. The van der Waals surface area contributed by atoms with Crippen LogP contribution in [0, 0.1) is 0 Å². The Hall–Kier alpha value is -1.59. The van der Waals surface area contributed by atoms with Gasteiger partial charge in [0.15, 0.2) is 0 Å². The zero-order chi connectivity index (χ0) is 13.0. The number of hydrogen-bond acceptors (Lipinski definition) is 5. The number of carbonyl (C=O) groups excluding carboxylic acids is 3. The van der Waals surface area contributed by atoms with Gasteiger partial charge in [0, 0.05) is 0 Å². The fraction of sp³-hybridized carbons (Fsp3) is 0.727. The molecular weight excluding hydrogens is 226 g/mol. The third-order valence-corrected chi connectivity index (χ3v) is 2.61. The number of cyclic esters (lactones) is 2. The number of nitrogens with zero attached hydrogens (tertiary/aromatic N) is 1. The van der Waals surface area contributed by atoms with Crippen LogP contribution >= 0.6 is 0 Å². The van der Waals surface area contributed by atoms with Crippen molar-refractivity contribution in [1.29, 1.82) is 0 Å². The summed E-state index contributed by atoms with van der Waals surface area (Å²) in [6, 6.07) is -1.47. The summed E-state index contributed by atoms with van der Waals surface area (Å²) in [5, 5.41) is 0. The standard InChI is InChI=1S/C11H17NO5/c1-4-6-8(10(14)16-5-2)12-7(3)9(13)17-11(12)15/h7-8H,4-6H2,1-3H3/t7-,8+/m0/s1. The summed E-state index contributed by atoms with van der Waals surface area (Å²) in [5.74, 6) is -1.12. The monoisotopic (exact) mass is 243 g/mol. The molecular formula is C11H17NO5. The topological polar surface area (TPSA) is 72.9 Å². The molecule has 0 spiro atoms. The first-order valence-electron chi connectivity index (χ1n) is 5.73. The van der Waals surface area contributed by atoms with E-state index in [1.165, 1.54) is 6.92 Å². The highest BCUT2D eigenvalue weighted by Crippen LogP contribution is 2.21. The molecule has 6 heteroatoms. The fourth-order valence-electron chi connectivity index (χ4n) is 1.78. The van der Waals surface area contributed by atoms with Gasteiger partial charge in [0.1, 0.15) is 12.1 Å². The van der Waals surface area contributed by atoms with Crippen LogP contribution in [0.2, 0.25) is 0 Å². The lowest BCUT2D eigenvalue weighted by molar-refractivity contribution is -0.149. The first-order valence-corrected chi connectivity index (χ1v) is 5.73. The third kappa shape index (κ3) is 2.75. The highest BCUT2D eigenvalue weighted by atomic mass is 16.6. The molecule has 0 N–H and O–H groups in total. The van der Waals surface area contributed by atoms with Crippen molar-refractivity contribution in [2.24, 2.45) is 0 Å². The lowest BCUT2D eigenvalue weighted by Crippen LogP contribution is -2.46. The fourth-order valence-corrected chi connectivity index (χ4v) is 1.78. The van der Waals surface area contributed by atoms with E-state index in [2.05, 4.69) is 4.74 Å². The van der Waals surface area contributed by atoms with Crippen molar-refractivity contribution in [3.63, 3.8) is 0 Å². The zero-order valence-corrected chi connectivity index (χ0v) is 10.3. The quantitative estimate of drug-likeness (QED) is 0.533. The van der Waals surface area contributed by atoms with Crippen molar-refractivity contribution >= 4 is 18.0 Å². The maximum atomic E-state index is 11.7. The van der Waals surface area contributed by atoms with E-state index in [4.69, 9.17) is 4.74 Å². The summed E-state index contributed by atoms with van der Waals surface area (Å²) in [7, 11) is 0. The first kappa shape index (κ1) is 13.5. The van der Waals surface area contributed by atoms with Crippen molar-refractivity contribution in [1.82, 2.24) is 4.90 Å². The van der Waals surface area contributed by atoms with E-state index < -0.39 is 30.1 Å². The van der Waals surface area contributed by atoms with Crippen LogP contribution < -0.4 is 0 Å². The summed E-state index contributed by atoms with van der Waals surface area (Å²) >= 11 is 0. The van der Waals surface area contributed by atoms with Crippen molar-refractivity contribution in [3.05, 3.63) is 0 Å². The van der Waals surface area contributed by atoms with Crippen LogP contribution in [0.15, 0.2) is 0 Å². The van der Waals surface area contributed by atoms with E-state index in [0.29, 0.717) is 12.8 Å². The van der Waals surface area contributed by atoms with Gasteiger partial charge in [-0.05, 0) is 20.3 Å². The van der Waals surface area contributed by atoms with E-state index in [1.54, 1.807) is 6.92 Å². The van der Waals surface area contributed by atoms with Gasteiger partial charge in [0.2, 0.25) is 0 Å². The second-order valence-corrected chi connectivity index (χ2v) is 3.83. The molecule has 0 aromatic heterocycles. The van der Waals surface area contributed by atoms with Gasteiger partial charge < -0.3 is 9.47 Å². The molecule has 1 saturated heterocycles. The molecule has 1 rings (SSSR count). The van der Waals surface area contributed by atoms with E-state index in [9.17, 15) is 14.4 Å². The summed E-state index contributed by atoms with van der Waals surface area (Å²) in [5.41, 5.74) is 0. The second-order valence-electron chi connectivity index (χ2n) is 3.83. The Morgan fingerprint density at radius 3 is 2.53 bits per heavy atom.